The summed E-state index contributed by atoms with van der Waals surface area (Å²) in [6.45, 7) is 3.93. The van der Waals surface area contributed by atoms with Crippen LogP contribution in [0.4, 0.5) is 5.69 Å². The molecule has 0 aromatic carbocycles. The molecule has 5 nitrogen and oxygen atoms in total. The number of nitriles is 1. The van der Waals surface area contributed by atoms with Gasteiger partial charge in [-0.25, -0.2) is 4.98 Å². The smallest absolute Gasteiger partial charge is 0.205 e. The van der Waals surface area contributed by atoms with Crippen molar-refractivity contribution in [2.75, 3.05) is 31.1 Å². The van der Waals surface area contributed by atoms with E-state index in [0.29, 0.717) is 11.4 Å². The molecule has 1 aromatic heterocycles. The van der Waals surface area contributed by atoms with Crippen molar-refractivity contribution in [3.8, 4) is 6.07 Å². The van der Waals surface area contributed by atoms with E-state index in [1.54, 1.807) is 12.1 Å². The van der Waals surface area contributed by atoms with E-state index < -0.39 is 0 Å². The van der Waals surface area contributed by atoms with Gasteiger partial charge in [0, 0.05) is 38.5 Å². The molecule has 114 valence electrons. The average molecular weight is 296 g/mol. The van der Waals surface area contributed by atoms with E-state index in [2.05, 4.69) is 20.9 Å². The molecule has 5 heteroatoms. The van der Waals surface area contributed by atoms with E-state index in [4.69, 9.17) is 0 Å². The first-order valence-electron chi connectivity index (χ1n) is 7.90. The molecule has 0 N–H and O–H groups in total. The van der Waals surface area contributed by atoms with E-state index in [0.717, 1.165) is 44.7 Å². The van der Waals surface area contributed by atoms with Gasteiger partial charge in [-0.2, -0.15) is 5.26 Å². The Hall–Kier alpha value is -2.35. The van der Waals surface area contributed by atoms with Crippen LogP contribution in [-0.4, -0.2) is 41.8 Å². The summed E-state index contributed by atoms with van der Waals surface area (Å²) < 4.78 is 0. The molecule has 0 unspecified atom stereocenters. The Morgan fingerprint density at radius 2 is 1.82 bits per heavy atom. The number of carbonyl (C=O) groups excluding carboxylic acids is 1. The molecule has 0 radical (unpaired) electrons. The number of nitrogens with zero attached hydrogens (tertiary/aromatic N) is 4. The summed E-state index contributed by atoms with van der Waals surface area (Å²) in [7, 11) is 0. The molecule has 2 aliphatic rings. The molecule has 3 rings (SSSR count). The van der Waals surface area contributed by atoms with Crippen LogP contribution in [0.5, 0.6) is 0 Å². The number of aromatic nitrogens is 1. The van der Waals surface area contributed by atoms with Gasteiger partial charge in [0.25, 0.3) is 0 Å². The lowest BCUT2D eigenvalue weighted by molar-refractivity contribution is 0.104. The Bertz CT molecular complexity index is 620. The van der Waals surface area contributed by atoms with Crippen molar-refractivity contribution in [2.24, 2.45) is 0 Å². The van der Waals surface area contributed by atoms with Crippen LogP contribution in [0.25, 0.3) is 0 Å². The normalized spacial score (nSPS) is 18.1. The third kappa shape index (κ3) is 3.11. The minimum atomic E-state index is -0.142. The molecule has 0 amide bonds. The van der Waals surface area contributed by atoms with Crippen LogP contribution in [0.3, 0.4) is 0 Å². The van der Waals surface area contributed by atoms with Crippen LogP contribution in [0.15, 0.2) is 24.4 Å². The number of ketones is 1. The zero-order chi connectivity index (χ0) is 15.4. The van der Waals surface area contributed by atoms with E-state index in [1.807, 2.05) is 12.3 Å². The van der Waals surface area contributed by atoms with Gasteiger partial charge in [-0.15, -0.1) is 0 Å². The summed E-state index contributed by atoms with van der Waals surface area (Å²) >= 11 is 0. The van der Waals surface area contributed by atoms with Gasteiger partial charge in [0.1, 0.15) is 11.8 Å². The zero-order valence-corrected chi connectivity index (χ0v) is 12.7. The predicted molar refractivity (Wildman–Crippen MR) is 84.7 cm³/mol. The van der Waals surface area contributed by atoms with Crippen LogP contribution in [-0.2, 0) is 0 Å². The van der Waals surface area contributed by atoms with Crippen molar-refractivity contribution in [2.45, 2.75) is 25.7 Å². The third-order valence-electron chi connectivity index (χ3n) is 4.26. The Balaban J connectivity index is 1.76. The van der Waals surface area contributed by atoms with Crippen LogP contribution < -0.4 is 4.90 Å². The Kier molecular flexibility index (Phi) is 4.38. The fraction of sp³-hybridized carbons (Fsp3) is 0.471. The van der Waals surface area contributed by atoms with Gasteiger partial charge >= 0.3 is 0 Å². The largest absolute Gasteiger partial charge is 0.377 e. The summed E-state index contributed by atoms with van der Waals surface area (Å²) in [5.74, 6) is -0.142. The number of likely N-dealkylation sites (tertiary alicyclic amines) is 1. The lowest BCUT2D eigenvalue weighted by atomic mass is 10.2. The van der Waals surface area contributed by atoms with Gasteiger partial charge < -0.3 is 9.80 Å². The van der Waals surface area contributed by atoms with Gasteiger partial charge in [0.15, 0.2) is 5.69 Å². The van der Waals surface area contributed by atoms with Crippen molar-refractivity contribution < 1.29 is 4.79 Å². The predicted octanol–water partition coefficient (Wildman–Crippen LogP) is 2.35. The molecule has 0 bridgehead atoms. The minimum absolute atomic E-state index is 0.142. The van der Waals surface area contributed by atoms with Crippen molar-refractivity contribution in [3.63, 3.8) is 0 Å². The number of rotatable bonds is 4. The highest BCUT2D eigenvalue weighted by atomic mass is 16.1. The number of hydrogen-bond donors (Lipinski definition) is 0. The monoisotopic (exact) mass is 296 g/mol. The van der Waals surface area contributed by atoms with Crippen molar-refractivity contribution in [1.82, 2.24) is 9.88 Å². The van der Waals surface area contributed by atoms with Crippen LogP contribution in [0.2, 0.25) is 0 Å². The second-order valence-corrected chi connectivity index (χ2v) is 5.79. The molecular weight excluding hydrogens is 276 g/mol. The number of anilines is 1. The molecule has 3 heterocycles. The van der Waals surface area contributed by atoms with E-state index in [9.17, 15) is 10.1 Å². The summed E-state index contributed by atoms with van der Waals surface area (Å²) in [6, 6.07) is 5.71. The van der Waals surface area contributed by atoms with Crippen LogP contribution >= 0.6 is 0 Å². The molecule has 0 spiro atoms. The number of pyridine rings is 1. The first-order valence-corrected chi connectivity index (χ1v) is 7.90. The van der Waals surface area contributed by atoms with Gasteiger partial charge in [-0.3, -0.25) is 4.79 Å². The van der Waals surface area contributed by atoms with Gasteiger partial charge in [-0.05, 0) is 37.8 Å². The second-order valence-electron chi connectivity index (χ2n) is 5.79. The van der Waals surface area contributed by atoms with Gasteiger partial charge in [-0.1, -0.05) is 0 Å². The van der Waals surface area contributed by atoms with E-state index in [-0.39, 0.29) is 5.78 Å². The molecule has 0 atom stereocenters. The van der Waals surface area contributed by atoms with Gasteiger partial charge in [0.05, 0.1) is 5.69 Å². The Morgan fingerprint density at radius 3 is 2.50 bits per heavy atom. The highest BCUT2D eigenvalue weighted by Gasteiger charge is 2.18. The summed E-state index contributed by atoms with van der Waals surface area (Å²) in [5, 5.41) is 9.31. The fourth-order valence-corrected chi connectivity index (χ4v) is 3.03. The summed E-state index contributed by atoms with van der Waals surface area (Å²) in [6.07, 6.45) is 8.05. The third-order valence-corrected chi connectivity index (χ3v) is 4.26. The number of allylic oxidation sites excluding steroid dienone is 1. The minimum Gasteiger partial charge on any atom is -0.377 e. The highest BCUT2D eigenvalue weighted by Crippen LogP contribution is 2.23. The van der Waals surface area contributed by atoms with Crippen molar-refractivity contribution >= 4 is 11.5 Å². The maximum absolute atomic E-state index is 12.2. The molecular formula is C17H20N4O. The Labute approximate surface area is 130 Å². The molecule has 0 aliphatic carbocycles. The fourth-order valence-electron chi connectivity index (χ4n) is 3.03. The number of hydrogen-bond acceptors (Lipinski definition) is 5. The molecule has 2 fully saturated rings. The molecule has 2 aliphatic heterocycles. The molecule has 2 saturated heterocycles. The quantitative estimate of drug-likeness (QED) is 0.630. The van der Waals surface area contributed by atoms with Crippen LogP contribution in [0.1, 0.15) is 41.9 Å². The maximum atomic E-state index is 12.2. The number of carbonyl (C=O) groups is 1. The first kappa shape index (κ1) is 14.6. The van der Waals surface area contributed by atoms with E-state index in [1.165, 1.54) is 12.8 Å². The summed E-state index contributed by atoms with van der Waals surface area (Å²) in [4.78, 5) is 20.8. The second kappa shape index (κ2) is 6.61. The van der Waals surface area contributed by atoms with Crippen molar-refractivity contribution in [1.29, 1.82) is 5.26 Å². The average Bonchev–Trinajstić information content (AvgIpc) is 3.25. The van der Waals surface area contributed by atoms with Crippen LogP contribution in [0, 0.1) is 11.3 Å². The molecule has 22 heavy (non-hydrogen) atoms. The standard InChI is InChI=1S/C17H20N4O/c18-13-15-16(21-10-3-4-11-21)6-5-14(19-15)17(22)7-12-20-8-1-2-9-20/h5-7,12H,1-4,8-11H2. The first-order chi connectivity index (χ1) is 10.8. The van der Waals surface area contributed by atoms with E-state index >= 15 is 0 Å². The lowest BCUT2D eigenvalue weighted by Gasteiger charge is -2.18. The summed E-state index contributed by atoms with van der Waals surface area (Å²) in [5.41, 5.74) is 1.54. The highest BCUT2D eigenvalue weighted by molar-refractivity contribution is 6.03. The SMILES string of the molecule is N#Cc1nc(C(=O)C=CN2CCCC2)ccc1N1CCCC1. The zero-order valence-electron chi connectivity index (χ0n) is 12.7. The van der Waals surface area contributed by atoms with Crippen molar-refractivity contribution in [3.05, 3.63) is 35.8 Å². The topological polar surface area (TPSA) is 60.2 Å². The molecule has 0 saturated carbocycles. The van der Waals surface area contributed by atoms with Gasteiger partial charge in [0.2, 0.25) is 5.78 Å². The maximum Gasteiger partial charge on any atom is 0.205 e. The lowest BCUT2D eigenvalue weighted by Crippen LogP contribution is -2.20. The molecule has 1 aromatic rings. The Morgan fingerprint density at radius 1 is 1.14 bits per heavy atom.